The van der Waals surface area contributed by atoms with Crippen LogP contribution in [0.4, 0.5) is 0 Å². The van der Waals surface area contributed by atoms with Crippen molar-refractivity contribution >= 4 is 5.91 Å². The SMILES string of the molecule is N.NCC(N)=O. The molecule has 0 aromatic carbocycles. The number of primary amides is 1. The summed E-state index contributed by atoms with van der Waals surface area (Å²) >= 11 is 0. The van der Waals surface area contributed by atoms with E-state index < -0.39 is 5.91 Å². The molecule has 0 spiro atoms. The van der Waals surface area contributed by atoms with Gasteiger partial charge in [-0.15, -0.1) is 0 Å². The minimum absolute atomic E-state index is 0. The second-order valence-corrected chi connectivity index (χ2v) is 0.670. The summed E-state index contributed by atoms with van der Waals surface area (Å²) in [5.74, 6) is -0.468. The Morgan fingerprint density at radius 1 is 1.67 bits per heavy atom. The van der Waals surface area contributed by atoms with Gasteiger partial charge in [-0.3, -0.25) is 4.79 Å². The highest BCUT2D eigenvalue weighted by molar-refractivity contribution is 5.75. The van der Waals surface area contributed by atoms with Crippen molar-refractivity contribution in [1.82, 2.24) is 6.15 Å². The lowest BCUT2D eigenvalue weighted by Crippen LogP contribution is -2.21. The van der Waals surface area contributed by atoms with Gasteiger partial charge in [-0.1, -0.05) is 0 Å². The Balaban J connectivity index is 0. The van der Waals surface area contributed by atoms with Gasteiger partial charge >= 0.3 is 0 Å². The Kier molecular flexibility index (Phi) is 6.61. The predicted molar refractivity (Wildman–Crippen MR) is 23.3 cm³/mol. The van der Waals surface area contributed by atoms with E-state index in [1.165, 1.54) is 0 Å². The van der Waals surface area contributed by atoms with Gasteiger partial charge < -0.3 is 17.6 Å². The Hall–Kier alpha value is -0.610. The molecule has 0 aromatic heterocycles. The van der Waals surface area contributed by atoms with Crippen LogP contribution < -0.4 is 17.6 Å². The molecule has 1 amide bonds. The zero-order chi connectivity index (χ0) is 4.28. The van der Waals surface area contributed by atoms with E-state index in [0.717, 1.165) is 0 Å². The second-order valence-electron chi connectivity index (χ2n) is 0.670. The predicted octanol–water partition coefficient (Wildman–Crippen LogP) is -1.41. The summed E-state index contributed by atoms with van der Waals surface area (Å²) in [7, 11) is 0. The molecule has 0 fully saturated rings. The third kappa shape index (κ3) is 10.0. The molecule has 0 atom stereocenters. The Labute approximate surface area is 36.1 Å². The van der Waals surface area contributed by atoms with Crippen molar-refractivity contribution in [1.29, 1.82) is 0 Å². The van der Waals surface area contributed by atoms with E-state index >= 15 is 0 Å². The second kappa shape index (κ2) is 4.39. The Bertz CT molecular complexity index is 44.1. The number of hydrogen-bond donors (Lipinski definition) is 3. The van der Waals surface area contributed by atoms with Crippen molar-refractivity contribution in [2.75, 3.05) is 6.54 Å². The molecule has 0 saturated heterocycles. The molecule has 0 aromatic rings. The average molecular weight is 91.1 g/mol. The van der Waals surface area contributed by atoms with E-state index in [1.54, 1.807) is 0 Å². The monoisotopic (exact) mass is 91.1 g/mol. The molecule has 38 valence electrons. The third-order valence-corrected chi connectivity index (χ3v) is 0.201. The first-order valence-electron chi connectivity index (χ1n) is 1.25. The summed E-state index contributed by atoms with van der Waals surface area (Å²) < 4.78 is 0. The van der Waals surface area contributed by atoms with Crippen LogP contribution in [0.15, 0.2) is 0 Å². The first kappa shape index (κ1) is 9.04. The van der Waals surface area contributed by atoms with Crippen LogP contribution >= 0.6 is 0 Å². The maximum atomic E-state index is 9.47. The summed E-state index contributed by atoms with van der Waals surface area (Å²) in [5, 5.41) is 0. The quantitative estimate of drug-likeness (QED) is 0.369. The zero-order valence-corrected chi connectivity index (χ0v) is 3.48. The fourth-order valence-electron chi connectivity index (χ4n) is 0. The van der Waals surface area contributed by atoms with Crippen molar-refractivity contribution in [3.8, 4) is 0 Å². The van der Waals surface area contributed by atoms with E-state index in [4.69, 9.17) is 5.73 Å². The smallest absolute Gasteiger partial charge is 0.231 e. The van der Waals surface area contributed by atoms with Crippen LogP contribution in [-0.4, -0.2) is 12.5 Å². The maximum absolute atomic E-state index is 9.47. The summed E-state index contributed by atoms with van der Waals surface area (Å²) in [5.41, 5.74) is 9.22. The largest absolute Gasteiger partial charge is 0.369 e. The standard InChI is InChI=1S/C2H6N2O.H3N/c3-1-2(4)5;/h1,3H2,(H2,4,5);1H3. The van der Waals surface area contributed by atoms with E-state index in [1.807, 2.05) is 0 Å². The number of rotatable bonds is 1. The van der Waals surface area contributed by atoms with E-state index in [-0.39, 0.29) is 12.7 Å². The van der Waals surface area contributed by atoms with Gasteiger partial charge in [0, 0.05) is 0 Å². The molecule has 0 saturated carbocycles. The summed E-state index contributed by atoms with van der Waals surface area (Å²) in [4.78, 5) is 9.47. The average Bonchev–Trinajstić information content (AvgIpc) is 1.38. The molecule has 0 heterocycles. The number of nitrogens with two attached hydrogens (primary N) is 2. The highest BCUT2D eigenvalue weighted by Gasteiger charge is 1.77. The van der Waals surface area contributed by atoms with Gasteiger partial charge in [-0.25, -0.2) is 0 Å². The van der Waals surface area contributed by atoms with Crippen LogP contribution in [0.5, 0.6) is 0 Å². The van der Waals surface area contributed by atoms with Gasteiger partial charge in [0.15, 0.2) is 0 Å². The normalized spacial score (nSPS) is 6.17. The van der Waals surface area contributed by atoms with Gasteiger partial charge in [-0.2, -0.15) is 0 Å². The number of hydrogen-bond acceptors (Lipinski definition) is 3. The topological polar surface area (TPSA) is 104 Å². The molecule has 0 unspecified atom stereocenters. The lowest BCUT2D eigenvalue weighted by molar-refractivity contribution is -0.116. The van der Waals surface area contributed by atoms with Crippen molar-refractivity contribution in [3.05, 3.63) is 0 Å². The minimum Gasteiger partial charge on any atom is -0.369 e. The summed E-state index contributed by atoms with van der Waals surface area (Å²) in [6.07, 6.45) is 0. The molecule has 6 heavy (non-hydrogen) atoms. The maximum Gasteiger partial charge on any atom is 0.231 e. The zero-order valence-electron chi connectivity index (χ0n) is 3.48. The third-order valence-electron chi connectivity index (χ3n) is 0.201. The van der Waals surface area contributed by atoms with Crippen molar-refractivity contribution in [2.45, 2.75) is 0 Å². The van der Waals surface area contributed by atoms with Crippen molar-refractivity contribution in [2.24, 2.45) is 11.5 Å². The van der Waals surface area contributed by atoms with Crippen molar-refractivity contribution in [3.63, 3.8) is 0 Å². The Morgan fingerprint density at radius 2 is 1.83 bits per heavy atom. The molecule has 4 nitrogen and oxygen atoms in total. The van der Waals surface area contributed by atoms with E-state index in [0.29, 0.717) is 0 Å². The first-order valence-corrected chi connectivity index (χ1v) is 1.25. The lowest BCUT2D eigenvalue weighted by Gasteiger charge is -1.74. The fraction of sp³-hybridized carbons (Fsp3) is 0.500. The minimum atomic E-state index is -0.468. The van der Waals surface area contributed by atoms with Crippen LogP contribution in [0.1, 0.15) is 0 Å². The summed E-state index contributed by atoms with van der Waals surface area (Å²) in [6.45, 7) is -0.0556. The number of carbonyl (C=O) groups excluding carboxylic acids is 1. The molecular weight excluding hydrogens is 82.0 g/mol. The molecule has 0 aliphatic heterocycles. The van der Waals surface area contributed by atoms with Gasteiger partial charge in [0.25, 0.3) is 0 Å². The molecule has 0 radical (unpaired) electrons. The highest BCUT2D eigenvalue weighted by Crippen LogP contribution is 1.36. The molecule has 0 bridgehead atoms. The van der Waals surface area contributed by atoms with Gasteiger partial charge in [0.1, 0.15) is 0 Å². The van der Waals surface area contributed by atoms with E-state index in [9.17, 15) is 4.79 Å². The van der Waals surface area contributed by atoms with Gasteiger partial charge in [0.05, 0.1) is 6.54 Å². The van der Waals surface area contributed by atoms with Crippen LogP contribution in [0.25, 0.3) is 0 Å². The fourth-order valence-corrected chi connectivity index (χ4v) is 0. The Morgan fingerprint density at radius 3 is 1.83 bits per heavy atom. The van der Waals surface area contributed by atoms with Crippen LogP contribution in [0.2, 0.25) is 0 Å². The molecule has 0 rings (SSSR count). The van der Waals surface area contributed by atoms with E-state index in [2.05, 4.69) is 5.73 Å². The highest BCUT2D eigenvalue weighted by atomic mass is 16.1. The van der Waals surface area contributed by atoms with Crippen LogP contribution in [-0.2, 0) is 4.79 Å². The van der Waals surface area contributed by atoms with Gasteiger partial charge in [-0.05, 0) is 0 Å². The number of amides is 1. The van der Waals surface area contributed by atoms with Crippen LogP contribution in [0, 0.1) is 0 Å². The lowest BCUT2D eigenvalue weighted by atomic mass is 10.7. The van der Waals surface area contributed by atoms with Gasteiger partial charge in [0.2, 0.25) is 5.91 Å². The first-order chi connectivity index (χ1) is 2.27. The van der Waals surface area contributed by atoms with Crippen LogP contribution in [0.3, 0.4) is 0 Å². The molecule has 4 heteroatoms. The summed E-state index contributed by atoms with van der Waals surface area (Å²) in [6, 6.07) is 0. The molecule has 0 aliphatic rings. The molecule has 0 aliphatic carbocycles. The number of carbonyl (C=O) groups is 1. The molecular formula is C2H9N3O. The van der Waals surface area contributed by atoms with Crippen molar-refractivity contribution < 1.29 is 4.79 Å². The molecule has 7 N–H and O–H groups in total.